The van der Waals surface area contributed by atoms with Crippen molar-refractivity contribution in [3.05, 3.63) is 0 Å². The van der Waals surface area contributed by atoms with Crippen LogP contribution in [0.4, 0.5) is 0 Å². The highest BCUT2D eigenvalue weighted by molar-refractivity contribution is 7.87. The molecule has 0 aliphatic carbocycles. The average Bonchev–Trinajstić information content (AvgIpc) is 2.26. The molecule has 3 N–H and O–H groups in total. The van der Waals surface area contributed by atoms with Crippen molar-refractivity contribution >= 4 is 27.4 Å². The molecule has 0 spiro atoms. The van der Waals surface area contributed by atoms with Crippen LogP contribution in [-0.4, -0.2) is 61.9 Å². The number of piperazine rings is 1. The van der Waals surface area contributed by atoms with Gasteiger partial charge in [0, 0.05) is 39.3 Å². The first-order valence-electron chi connectivity index (χ1n) is 6.06. The van der Waals surface area contributed by atoms with Gasteiger partial charge < -0.3 is 5.73 Å². The normalized spacial score (nSPS) is 19.3. The van der Waals surface area contributed by atoms with Crippen LogP contribution < -0.4 is 10.5 Å². The van der Waals surface area contributed by atoms with Crippen LogP contribution in [-0.2, 0) is 10.2 Å². The van der Waals surface area contributed by atoms with Gasteiger partial charge in [0.25, 0.3) is 10.2 Å². The summed E-state index contributed by atoms with van der Waals surface area (Å²) in [6.07, 6.45) is 0. The van der Waals surface area contributed by atoms with Crippen molar-refractivity contribution < 1.29 is 8.42 Å². The van der Waals surface area contributed by atoms with E-state index in [2.05, 4.69) is 9.62 Å². The molecule has 0 aromatic carbocycles. The van der Waals surface area contributed by atoms with E-state index in [1.165, 1.54) is 4.31 Å². The van der Waals surface area contributed by atoms with Gasteiger partial charge in [0.05, 0.1) is 4.99 Å². The minimum absolute atomic E-state index is 0.302. The van der Waals surface area contributed by atoms with E-state index in [9.17, 15) is 8.42 Å². The zero-order valence-electron chi connectivity index (χ0n) is 10.9. The molecule has 1 heterocycles. The molecular weight excluding hydrogens is 272 g/mol. The fourth-order valence-electron chi connectivity index (χ4n) is 1.71. The van der Waals surface area contributed by atoms with E-state index in [-0.39, 0.29) is 0 Å². The van der Waals surface area contributed by atoms with Crippen LogP contribution in [0.5, 0.6) is 0 Å². The van der Waals surface area contributed by atoms with Crippen molar-refractivity contribution in [1.29, 1.82) is 0 Å². The molecule has 0 bridgehead atoms. The third-order valence-electron chi connectivity index (χ3n) is 2.72. The molecule has 1 aliphatic rings. The Hall–Kier alpha value is -0.280. The average molecular weight is 294 g/mol. The van der Waals surface area contributed by atoms with Crippen molar-refractivity contribution in [1.82, 2.24) is 13.9 Å². The van der Waals surface area contributed by atoms with Crippen LogP contribution in [0.3, 0.4) is 0 Å². The topological polar surface area (TPSA) is 78.7 Å². The number of hydrogen-bond acceptors (Lipinski definition) is 4. The highest BCUT2D eigenvalue weighted by Crippen LogP contribution is 2.06. The van der Waals surface area contributed by atoms with Crippen LogP contribution in [0.1, 0.15) is 13.8 Å². The summed E-state index contributed by atoms with van der Waals surface area (Å²) in [5, 5.41) is 0. The Labute approximate surface area is 115 Å². The summed E-state index contributed by atoms with van der Waals surface area (Å²) in [4.78, 5) is 2.51. The quantitative estimate of drug-likeness (QED) is 0.638. The fourth-order valence-corrected chi connectivity index (χ4v) is 3.26. The van der Waals surface area contributed by atoms with Gasteiger partial charge in [-0.2, -0.15) is 12.7 Å². The molecule has 18 heavy (non-hydrogen) atoms. The van der Waals surface area contributed by atoms with Gasteiger partial charge in [0.1, 0.15) is 0 Å². The SMILES string of the molecule is CC(C)CNS(=O)(=O)N1CCN(CC(N)=S)CC1. The third kappa shape index (κ3) is 5.15. The van der Waals surface area contributed by atoms with E-state index < -0.39 is 10.2 Å². The van der Waals surface area contributed by atoms with Gasteiger partial charge in [0.2, 0.25) is 0 Å². The van der Waals surface area contributed by atoms with E-state index in [4.69, 9.17) is 18.0 Å². The standard InChI is InChI=1S/C10H22N4O2S2/c1-9(2)7-12-18(15,16)14-5-3-13(4-6-14)8-10(11)17/h9,12H,3-8H2,1-2H3,(H2,11,17). The largest absolute Gasteiger partial charge is 0.392 e. The molecule has 0 aromatic rings. The van der Waals surface area contributed by atoms with E-state index in [1.807, 2.05) is 13.8 Å². The molecule has 6 nitrogen and oxygen atoms in total. The molecule has 1 fully saturated rings. The summed E-state index contributed by atoms with van der Waals surface area (Å²) in [7, 11) is -3.34. The summed E-state index contributed by atoms with van der Waals surface area (Å²) in [5.41, 5.74) is 5.47. The molecule has 0 aromatic heterocycles. The predicted octanol–water partition coefficient (Wildman–Crippen LogP) is -0.619. The van der Waals surface area contributed by atoms with Crippen LogP contribution >= 0.6 is 12.2 Å². The van der Waals surface area contributed by atoms with E-state index in [0.717, 1.165) is 0 Å². The number of hydrogen-bond donors (Lipinski definition) is 2. The number of nitrogens with two attached hydrogens (primary N) is 1. The number of thiocarbonyl (C=S) groups is 1. The summed E-state index contributed by atoms with van der Waals surface area (Å²) in [6.45, 7) is 7.27. The van der Waals surface area contributed by atoms with Crippen molar-refractivity contribution in [2.75, 3.05) is 39.3 Å². The fraction of sp³-hybridized carbons (Fsp3) is 0.900. The Morgan fingerprint density at radius 3 is 2.33 bits per heavy atom. The maximum atomic E-state index is 12.0. The molecule has 0 unspecified atom stereocenters. The Balaban J connectivity index is 2.44. The van der Waals surface area contributed by atoms with Gasteiger partial charge in [-0.3, -0.25) is 4.90 Å². The van der Waals surface area contributed by atoms with Gasteiger partial charge in [-0.25, -0.2) is 4.72 Å². The lowest BCUT2D eigenvalue weighted by molar-refractivity contribution is 0.208. The Morgan fingerprint density at radius 1 is 1.33 bits per heavy atom. The predicted molar refractivity (Wildman–Crippen MR) is 76.6 cm³/mol. The molecule has 0 radical (unpaired) electrons. The lowest BCUT2D eigenvalue weighted by atomic mass is 10.2. The first kappa shape index (κ1) is 15.8. The van der Waals surface area contributed by atoms with Crippen LogP contribution in [0, 0.1) is 5.92 Å². The molecular formula is C10H22N4O2S2. The number of rotatable bonds is 6. The van der Waals surface area contributed by atoms with Crippen LogP contribution in [0.2, 0.25) is 0 Å². The van der Waals surface area contributed by atoms with Gasteiger partial charge in [-0.15, -0.1) is 0 Å². The molecule has 1 saturated heterocycles. The molecule has 1 rings (SSSR count). The minimum Gasteiger partial charge on any atom is -0.392 e. The highest BCUT2D eigenvalue weighted by atomic mass is 32.2. The first-order valence-corrected chi connectivity index (χ1v) is 7.91. The zero-order chi connectivity index (χ0) is 13.8. The second-order valence-corrected chi connectivity index (χ2v) is 7.17. The Bertz CT molecular complexity index is 375. The van der Waals surface area contributed by atoms with Gasteiger partial charge in [0.15, 0.2) is 0 Å². The number of nitrogens with zero attached hydrogens (tertiary/aromatic N) is 2. The minimum atomic E-state index is -3.34. The highest BCUT2D eigenvalue weighted by Gasteiger charge is 2.26. The van der Waals surface area contributed by atoms with Crippen molar-refractivity contribution in [3.63, 3.8) is 0 Å². The Morgan fingerprint density at radius 2 is 1.89 bits per heavy atom. The molecule has 1 aliphatic heterocycles. The van der Waals surface area contributed by atoms with Gasteiger partial charge >= 0.3 is 0 Å². The monoisotopic (exact) mass is 294 g/mol. The molecule has 0 saturated carbocycles. The van der Waals surface area contributed by atoms with Gasteiger partial charge in [-0.1, -0.05) is 26.1 Å². The summed E-state index contributed by atoms with van der Waals surface area (Å²) in [6, 6.07) is 0. The molecule has 8 heteroatoms. The second-order valence-electron chi connectivity index (χ2n) is 4.89. The maximum Gasteiger partial charge on any atom is 0.279 e. The van der Waals surface area contributed by atoms with Crippen molar-refractivity contribution in [2.24, 2.45) is 11.7 Å². The van der Waals surface area contributed by atoms with E-state index in [0.29, 0.717) is 50.2 Å². The zero-order valence-corrected chi connectivity index (χ0v) is 12.6. The molecule has 106 valence electrons. The molecule has 0 atom stereocenters. The lowest BCUT2D eigenvalue weighted by Crippen LogP contribution is -2.53. The van der Waals surface area contributed by atoms with Crippen molar-refractivity contribution in [2.45, 2.75) is 13.8 Å². The first-order chi connectivity index (χ1) is 8.31. The van der Waals surface area contributed by atoms with E-state index in [1.54, 1.807) is 0 Å². The number of nitrogens with one attached hydrogen (secondary N) is 1. The molecule has 0 amide bonds. The second kappa shape index (κ2) is 6.76. The summed E-state index contributed by atoms with van der Waals surface area (Å²) >= 11 is 4.84. The Kier molecular flexibility index (Phi) is 5.93. The lowest BCUT2D eigenvalue weighted by Gasteiger charge is -2.33. The third-order valence-corrected chi connectivity index (χ3v) is 4.43. The maximum absolute atomic E-state index is 12.0. The van der Waals surface area contributed by atoms with E-state index >= 15 is 0 Å². The smallest absolute Gasteiger partial charge is 0.279 e. The van der Waals surface area contributed by atoms with Crippen molar-refractivity contribution in [3.8, 4) is 0 Å². The summed E-state index contributed by atoms with van der Waals surface area (Å²) < 4.78 is 28.0. The van der Waals surface area contributed by atoms with Gasteiger partial charge in [-0.05, 0) is 5.92 Å². The van der Waals surface area contributed by atoms with Crippen LogP contribution in [0.25, 0.3) is 0 Å². The summed E-state index contributed by atoms with van der Waals surface area (Å²) in [5.74, 6) is 0.302. The van der Waals surface area contributed by atoms with Crippen LogP contribution in [0.15, 0.2) is 0 Å².